The average molecular weight is 322 g/mol. The third kappa shape index (κ3) is 3.93. The lowest BCUT2D eigenvalue weighted by molar-refractivity contribution is 0.0478. The van der Waals surface area contributed by atoms with Gasteiger partial charge in [0.2, 0.25) is 0 Å². The molecule has 2 aliphatic heterocycles. The molecular weight excluding hydrogens is 296 g/mol. The maximum atomic E-state index is 12.7. The fraction of sp³-hybridized carbons (Fsp3) is 0.765. The molecule has 1 amide bonds. The lowest BCUT2D eigenvalue weighted by Crippen LogP contribution is -2.31. The zero-order valence-electron chi connectivity index (χ0n) is 14.0. The van der Waals surface area contributed by atoms with E-state index in [9.17, 15) is 4.79 Å². The Labute approximate surface area is 137 Å². The number of hydrogen-bond donors (Lipinski definition) is 0. The maximum Gasteiger partial charge on any atom is 0.276 e. The molecule has 2 aliphatic rings. The molecule has 128 valence electrons. The smallest absolute Gasteiger partial charge is 0.276 e. The number of carbonyl (C=O) groups is 1. The molecule has 1 aromatic heterocycles. The van der Waals surface area contributed by atoms with Crippen LogP contribution in [0.15, 0.2) is 10.8 Å². The van der Waals surface area contributed by atoms with E-state index >= 15 is 0 Å². The van der Waals surface area contributed by atoms with Crippen LogP contribution < -0.4 is 0 Å². The van der Waals surface area contributed by atoms with Gasteiger partial charge in [-0.15, -0.1) is 0 Å². The van der Waals surface area contributed by atoms with Crippen LogP contribution in [0.25, 0.3) is 0 Å². The first-order valence-corrected chi connectivity index (χ1v) is 8.61. The normalized spacial score (nSPS) is 24.7. The number of oxazole rings is 1. The van der Waals surface area contributed by atoms with E-state index in [0.717, 1.165) is 32.3 Å². The van der Waals surface area contributed by atoms with E-state index in [-0.39, 0.29) is 18.1 Å². The Kier molecular flexibility index (Phi) is 5.33. The minimum atomic E-state index is -0.128. The van der Waals surface area contributed by atoms with Crippen molar-refractivity contribution in [3.05, 3.63) is 17.8 Å². The summed E-state index contributed by atoms with van der Waals surface area (Å²) in [5.74, 6) is 1.15. The number of amides is 1. The van der Waals surface area contributed by atoms with Gasteiger partial charge >= 0.3 is 0 Å². The molecule has 2 atom stereocenters. The number of hydrogen-bond acceptors (Lipinski definition) is 5. The van der Waals surface area contributed by atoms with E-state index in [0.29, 0.717) is 37.1 Å². The Morgan fingerprint density at radius 1 is 1.48 bits per heavy atom. The van der Waals surface area contributed by atoms with Crippen LogP contribution >= 0.6 is 0 Å². The highest BCUT2D eigenvalue weighted by molar-refractivity contribution is 5.93. The molecular formula is C17H26N2O4. The second-order valence-electron chi connectivity index (χ2n) is 6.78. The summed E-state index contributed by atoms with van der Waals surface area (Å²) in [5.41, 5.74) is 0.403. The molecule has 0 saturated carbocycles. The van der Waals surface area contributed by atoms with Gasteiger partial charge < -0.3 is 18.8 Å². The standard InChI is InChI=1S/C17H26N2O4/c1-12(2)6-9-21-13-5-7-19(10-13)17(20)15-16(23-11-18-15)14-4-3-8-22-14/h11-14H,3-10H2,1-2H3/t13-,14-/m0/s1. The quantitative estimate of drug-likeness (QED) is 0.806. The van der Waals surface area contributed by atoms with E-state index in [4.69, 9.17) is 13.9 Å². The lowest BCUT2D eigenvalue weighted by Gasteiger charge is -2.17. The Morgan fingerprint density at radius 2 is 2.35 bits per heavy atom. The average Bonchev–Trinajstić information content (AvgIpc) is 3.26. The molecule has 0 bridgehead atoms. The summed E-state index contributed by atoms with van der Waals surface area (Å²) in [4.78, 5) is 18.7. The number of nitrogens with zero attached hydrogens (tertiary/aromatic N) is 2. The topological polar surface area (TPSA) is 64.8 Å². The van der Waals surface area contributed by atoms with Crippen LogP contribution in [0.2, 0.25) is 0 Å². The van der Waals surface area contributed by atoms with Gasteiger partial charge in [-0.2, -0.15) is 0 Å². The molecule has 2 saturated heterocycles. The number of ether oxygens (including phenoxy) is 2. The molecule has 6 heteroatoms. The molecule has 0 unspecified atom stereocenters. The van der Waals surface area contributed by atoms with Crippen molar-refractivity contribution in [2.24, 2.45) is 5.92 Å². The van der Waals surface area contributed by atoms with E-state index < -0.39 is 0 Å². The van der Waals surface area contributed by atoms with Crippen LogP contribution in [0, 0.1) is 5.92 Å². The van der Waals surface area contributed by atoms with Crippen molar-refractivity contribution >= 4 is 5.91 Å². The van der Waals surface area contributed by atoms with Crippen LogP contribution in [-0.4, -0.2) is 48.2 Å². The van der Waals surface area contributed by atoms with E-state index in [1.165, 1.54) is 6.39 Å². The molecule has 23 heavy (non-hydrogen) atoms. The van der Waals surface area contributed by atoms with Crippen molar-refractivity contribution in [1.29, 1.82) is 0 Å². The molecule has 0 spiro atoms. The van der Waals surface area contributed by atoms with Gasteiger partial charge in [0.15, 0.2) is 17.8 Å². The van der Waals surface area contributed by atoms with Crippen LogP contribution in [0.5, 0.6) is 0 Å². The number of rotatable bonds is 6. The molecule has 0 aliphatic carbocycles. The highest BCUT2D eigenvalue weighted by atomic mass is 16.5. The maximum absolute atomic E-state index is 12.7. The fourth-order valence-electron chi connectivity index (χ4n) is 3.10. The van der Waals surface area contributed by atoms with Gasteiger partial charge in [-0.3, -0.25) is 4.79 Å². The monoisotopic (exact) mass is 322 g/mol. The Balaban J connectivity index is 1.56. The molecule has 0 N–H and O–H groups in total. The second-order valence-corrected chi connectivity index (χ2v) is 6.78. The Morgan fingerprint density at radius 3 is 3.09 bits per heavy atom. The van der Waals surface area contributed by atoms with Crippen LogP contribution in [-0.2, 0) is 9.47 Å². The van der Waals surface area contributed by atoms with Crippen molar-refractivity contribution in [3.8, 4) is 0 Å². The van der Waals surface area contributed by atoms with Gasteiger partial charge in [0.1, 0.15) is 6.10 Å². The first kappa shape index (κ1) is 16.5. The molecule has 6 nitrogen and oxygen atoms in total. The number of likely N-dealkylation sites (tertiary alicyclic amines) is 1. The SMILES string of the molecule is CC(C)CCO[C@H]1CCN(C(=O)c2ncoc2[C@@H]2CCCO2)C1. The molecule has 3 heterocycles. The van der Waals surface area contributed by atoms with Gasteiger partial charge in [0.05, 0.1) is 6.10 Å². The Hall–Kier alpha value is -1.40. The summed E-state index contributed by atoms with van der Waals surface area (Å²) in [5, 5.41) is 0. The summed E-state index contributed by atoms with van der Waals surface area (Å²) in [6.45, 7) is 7.19. The summed E-state index contributed by atoms with van der Waals surface area (Å²) in [7, 11) is 0. The van der Waals surface area contributed by atoms with Gasteiger partial charge in [-0.05, 0) is 31.6 Å². The van der Waals surface area contributed by atoms with Crippen LogP contribution in [0.4, 0.5) is 0 Å². The van der Waals surface area contributed by atoms with Gasteiger partial charge in [0, 0.05) is 26.3 Å². The fourth-order valence-corrected chi connectivity index (χ4v) is 3.10. The first-order valence-electron chi connectivity index (χ1n) is 8.61. The zero-order chi connectivity index (χ0) is 16.2. The van der Waals surface area contributed by atoms with Crippen LogP contribution in [0.3, 0.4) is 0 Å². The minimum Gasteiger partial charge on any atom is -0.445 e. The third-order valence-corrected chi connectivity index (χ3v) is 4.50. The zero-order valence-corrected chi connectivity index (χ0v) is 14.0. The number of carbonyl (C=O) groups excluding carboxylic acids is 1. The highest BCUT2D eigenvalue weighted by Gasteiger charge is 2.33. The predicted octanol–water partition coefficient (Wildman–Crippen LogP) is 2.80. The summed E-state index contributed by atoms with van der Waals surface area (Å²) >= 11 is 0. The minimum absolute atomic E-state index is 0.0702. The van der Waals surface area contributed by atoms with Crippen molar-refractivity contribution in [3.63, 3.8) is 0 Å². The largest absolute Gasteiger partial charge is 0.445 e. The summed E-state index contributed by atoms with van der Waals surface area (Å²) < 4.78 is 16.9. The van der Waals surface area contributed by atoms with E-state index in [2.05, 4.69) is 18.8 Å². The first-order chi connectivity index (χ1) is 11.1. The lowest BCUT2D eigenvalue weighted by atomic mass is 10.1. The van der Waals surface area contributed by atoms with Crippen molar-refractivity contribution in [2.45, 2.75) is 51.7 Å². The molecule has 0 aromatic carbocycles. The van der Waals surface area contributed by atoms with Crippen molar-refractivity contribution in [2.75, 3.05) is 26.3 Å². The summed E-state index contributed by atoms with van der Waals surface area (Å²) in [6.07, 6.45) is 5.17. The summed E-state index contributed by atoms with van der Waals surface area (Å²) in [6, 6.07) is 0. The van der Waals surface area contributed by atoms with Crippen molar-refractivity contribution < 1.29 is 18.7 Å². The van der Waals surface area contributed by atoms with Crippen molar-refractivity contribution in [1.82, 2.24) is 9.88 Å². The molecule has 3 rings (SSSR count). The Bertz CT molecular complexity index is 522. The third-order valence-electron chi connectivity index (χ3n) is 4.50. The van der Waals surface area contributed by atoms with E-state index in [1.54, 1.807) is 0 Å². The second kappa shape index (κ2) is 7.45. The van der Waals surface area contributed by atoms with Gasteiger partial charge in [0.25, 0.3) is 5.91 Å². The predicted molar refractivity (Wildman–Crippen MR) is 84.1 cm³/mol. The van der Waals surface area contributed by atoms with Gasteiger partial charge in [-0.1, -0.05) is 13.8 Å². The van der Waals surface area contributed by atoms with Gasteiger partial charge in [-0.25, -0.2) is 4.98 Å². The number of aromatic nitrogens is 1. The highest BCUT2D eigenvalue weighted by Crippen LogP contribution is 2.31. The van der Waals surface area contributed by atoms with Crippen LogP contribution in [0.1, 0.15) is 61.9 Å². The van der Waals surface area contributed by atoms with E-state index in [1.807, 2.05) is 4.90 Å². The molecule has 1 aromatic rings. The molecule has 2 fully saturated rings. The molecule has 0 radical (unpaired) electrons.